The van der Waals surface area contributed by atoms with E-state index in [9.17, 15) is 9.90 Å². The van der Waals surface area contributed by atoms with Crippen molar-refractivity contribution in [2.75, 3.05) is 0 Å². The number of nitrogens with one attached hydrogen (secondary N) is 1. The van der Waals surface area contributed by atoms with E-state index in [4.69, 9.17) is 9.84 Å². The average Bonchev–Trinajstić information content (AvgIpc) is 2.20. The maximum absolute atomic E-state index is 11.2. The van der Waals surface area contributed by atoms with Crippen molar-refractivity contribution in [1.29, 1.82) is 0 Å². The quantitative estimate of drug-likeness (QED) is 0.426. The van der Waals surface area contributed by atoms with Crippen LogP contribution in [0.1, 0.15) is 26.3 Å². The minimum atomic E-state index is -0.665. The summed E-state index contributed by atoms with van der Waals surface area (Å²) < 4.78 is 4.97. The molecule has 0 radical (unpaired) electrons. The molecule has 0 heterocycles. The fourth-order valence-corrected chi connectivity index (χ4v) is 1.08. The van der Waals surface area contributed by atoms with Gasteiger partial charge in [0.1, 0.15) is 5.60 Å². The smallest absolute Gasteiger partial charge is 0.428 e. The number of phenolic OH excluding ortho intramolecular Hbond substituents is 2. The highest BCUT2D eigenvalue weighted by molar-refractivity contribution is 5.81. The molecule has 0 aromatic heterocycles. The standard InChI is InChI=1S/C12H16N2O4/c1-12(2,3)18-11(17)14-13-7-8-4-5-9(15)10(16)6-8/h4-7,15-16H,1-3H3,(H,14,17). The molecule has 6 nitrogen and oxygen atoms in total. The molecule has 0 spiro atoms. The van der Waals surface area contributed by atoms with Crippen LogP contribution in [0.25, 0.3) is 0 Å². The van der Waals surface area contributed by atoms with E-state index in [1.165, 1.54) is 24.4 Å². The highest BCUT2D eigenvalue weighted by atomic mass is 16.6. The molecule has 0 unspecified atom stereocenters. The van der Waals surface area contributed by atoms with Gasteiger partial charge in [-0.3, -0.25) is 0 Å². The van der Waals surface area contributed by atoms with Gasteiger partial charge in [-0.05, 0) is 44.5 Å². The van der Waals surface area contributed by atoms with Crippen LogP contribution in [0, 0.1) is 0 Å². The summed E-state index contributed by atoms with van der Waals surface area (Å²) in [6, 6.07) is 4.18. The number of amides is 1. The maximum Gasteiger partial charge on any atom is 0.428 e. The lowest BCUT2D eigenvalue weighted by molar-refractivity contribution is 0.0529. The molecule has 1 rings (SSSR count). The second-order valence-electron chi connectivity index (χ2n) is 4.62. The molecule has 0 aliphatic carbocycles. The molecule has 1 amide bonds. The second-order valence-corrected chi connectivity index (χ2v) is 4.62. The monoisotopic (exact) mass is 252 g/mol. The topological polar surface area (TPSA) is 91.2 Å². The first-order valence-corrected chi connectivity index (χ1v) is 5.32. The maximum atomic E-state index is 11.2. The number of hydrogen-bond acceptors (Lipinski definition) is 5. The summed E-state index contributed by atoms with van der Waals surface area (Å²) in [5.41, 5.74) is 2.13. The Bertz CT molecular complexity index is 464. The first kappa shape index (κ1) is 13.8. The number of nitrogens with zero attached hydrogens (tertiary/aromatic N) is 1. The van der Waals surface area contributed by atoms with Crippen LogP contribution in [0.2, 0.25) is 0 Å². The zero-order valence-electron chi connectivity index (χ0n) is 10.5. The fourth-order valence-electron chi connectivity index (χ4n) is 1.08. The van der Waals surface area contributed by atoms with Gasteiger partial charge in [-0.15, -0.1) is 0 Å². The molecule has 1 aromatic rings. The van der Waals surface area contributed by atoms with Crippen molar-refractivity contribution in [3.05, 3.63) is 23.8 Å². The molecule has 0 bridgehead atoms. The molecule has 3 N–H and O–H groups in total. The number of phenols is 2. The summed E-state index contributed by atoms with van der Waals surface area (Å²) in [5.74, 6) is -0.469. The summed E-state index contributed by atoms with van der Waals surface area (Å²) in [7, 11) is 0. The van der Waals surface area contributed by atoms with Crippen LogP contribution in [0.3, 0.4) is 0 Å². The van der Waals surface area contributed by atoms with Gasteiger partial charge >= 0.3 is 6.09 Å². The van der Waals surface area contributed by atoms with Crippen molar-refractivity contribution in [2.24, 2.45) is 5.10 Å². The number of ether oxygens (including phenoxy) is 1. The van der Waals surface area contributed by atoms with Gasteiger partial charge in [-0.1, -0.05) is 0 Å². The van der Waals surface area contributed by atoms with Gasteiger partial charge in [-0.25, -0.2) is 10.2 Å². The molecule has 0 aliphatic heterocycles. The molecule has 0 aliphatic rings. The molecular formula is C12H16N2O4. The van der Waals surface area contributed by atoms with Gasteiger partial charge < -0.3 is 14.9 Å². The van der Waals surface area contributed by atoms with Crippen molar-refractivity contribution in [2.45, 2.75) is 26.4 Å². The molecule has 18 heavy (non-hydrogen) atoms. The third kappa shape index (κ3) is 4.73. The average molecular weight is 252 g/mol. The number of hydrogen-bond donors (Lipinski definition) is 3. The van der Waals surface area contributed by atoms with Gasteiger partial charge in [0.05, 0.1) is 6.21 Å². The van der Waals surface area contributed by atoms with Crippen molar-refractivity contribution in [3.8, 4) is 11.5 Å². The van der Waals surface area contributed by atoms with Gasteiger partial charge in [0.15, 0.2) is 11.5 Å². The lowest BCUT2D eigenvalue weighted by Gasteiger charge is -2.18. The van der Waals surface area contributed by atoms with E-state index in [1.54, 1.807) is 20.8 Å². The summed E-state index contributed by atoms with van der Waals surface area (Å²) in [4.78, 5) is 11.2. The van der Waals surface area contributed by atoms with Crippen molar-refractivity contribution in [3.63, 3.8) is 0 Å². The largest absolute Gasteiger partial charge is 0.504 e. The molecular weight excluding hydrogens is 236 g/mol. The third-order valence-corrected chi connectivity index (χ3v) is 1.77. The Morgan fingerprint density at radius 3 is 2.56 bits per heavy atom. The molecule has 6 heteroatoms. The van der Waals surface area contributed by atoms with Crippen molar-refractivity contribution >= 4 is 12.3 Å². The predicted molar refractivity (Wildman–Crippen MR) is 66.7 cm³/mol. The van der Waals surface area contributed by atoms with Gasteiger partial charge in [0.25, 0.3) is 0 Å². The third-order valence-electron chi connectivity index (χ3n) is 1.77. The number of carbonyl (C=O) groups is 1. The van der Waals surface area contributed by atoms with Crippen LogP contribution < -0.4 is 5.43 Å². The van der Waals surface area contributed by atoms with E-state index in [0.717, 1.165) is 0 Å². The van der Waals surface area contributed by atoms with Crippen LogP contribution in [0.15, 0.2) is 23.3 Å². The molecule has 98 valence electrons. The van der Waals surface area contributed by atoms with E-state index in [-0.39, 0.29) is 11.5 Å². The number of hydrazone groups is 1. The Labute approximate surface area is 105 Å². The number of carbonyl (C=O) groups excluding carboxylic acids is 1. The zero-order valence-corrected chi connectivity index (χ0v) is 10.5. The Morgan fingerprint density at radius 2 is 2.00 bits per heavy atom. The summed E-state index contributed by atoms with van der Waals surface area (Å²) in [6.45, 7) is 5.23. The molecule has 0 saturated carbocycles. The first-order valence-electron chi connectivity index (χ1n) is 5.32. The molecule has 0 atom stereocenters. The van der Waals surface area contributed by atoms with Crippen molar-refractivity contribution < 1.29 is 19.7 Å². The van der Waals surface area contributed by atoms with Crippen LogP contribution in [-0.4, -0.2) is 28.1 Å². The second kappa shape index (κ2) is 5.39. The molecule has 1 aromatic carbocycles. The van der Waals surface area contributed by atoms with E-state index in [2.05, 4.69) is 10.5 Å². The summed E-state index contributed by atoms with van der Waals surface area (Å²) in [6.07, 6.45) is 0.657. The Balaban J connectivity index is 2.55. The van der Waals surface area contributed by atoms with Gasteiger partial charge in [0, 0.05) is 0 Å². The van der Waals surface area contributed by atoms with E-state index in [0.29, 0.717) is 5.56 Å². The lowest BCUT2D eigenvalue weighted by Crippen LogP contribution is -2.29. The zero-order chi connectivity index (χ0) is 13.8. The fraction of sp³-hybridized carbons (Fsp3) is 0.333. The number of rotatable bonds is 2. The Hall–Kier alpha value is -2.24. The van der Waals surface area contributed by atoms with Crippen LogP contribution in [0.4, 0.5) is 4.79 Å². The SMILES string of the molecule is CC(C)(C)OC(=O)NN=Cc1ccc(O)c(O)c1. The molecule has 0 saturated heterocycles. The number of aromatic hydroxyl groups is 2. The Kier molecular flexibility index (Phi) is 4.14. The normalized spacial score (nSPS) is 11.5. The summed E-state index contributed by atoms with van der Waals surface area (Å²) >= 11 is 0. The van der Waals surface area contributed by atoms with Gasteiger partial charge in [-0.2, -0.15) is 5.10 Å². The van der Waals surface area contributed by atoms with Crippen molar-refractivity contribution in [1.82, 2.24) is 5.43 Å². The molecule has 0 fully saturated rings. The minimum absolute atomic E-state index is 0.216. The van der Waals surface area contributed by atoms with Crippen LogP contribution >= 0.6 is 0 Å². The minimum Gasteiger partial charge on any atom is -0.504 e. The highest BCUT2D eigenvalue weighted by Crippen LogP contribution is 2.23. The van der Waals surface area contributed by atoms with Gasteiger partial charge in [0.2, 0.25) is 0 Å². The van der Waals surface area contributed by atoms with E-state index >= 15 is 0 Å². The van der Waals surface area contributed by atoms with E-state index in [1.807, 2.05) is 0 Å². The Morgan fingerprint density at radius 1 is 1.33 bits per heavy atom. The lowest BCUT2D eigenvalue weighted by atomic mass is 10.2. The van der Waals surface area contributed by atoms with Crippen LogP contribution in [-0.2, 0) is 4.74 Å². The van der Waals surface area contributed by atoms with E-state index < -0.39 is 11.7 Å². The summed E-state index contributed by atoms with van der Waals surface area (Å²) in [5, 5.41) is 22.0. The number of benzene rings is 1. The predicted octanol–water partition coefficient (Wildman–Crippen LogP) is 1.96. The highest BCUT2D eigenvalue weighted by Gasteiger charge is 2.15. The first-order chi connectivity index (χ1) is 8.28. The van der Waals surface area contributed by atoms with Crippen LogP contribution in [0.5, 0.6) is 11.5 Å².